The van der Waals surface area contributed by atoms with Gasteiger partial charge in [-0.3, -0.25) is 9.59 Å². The third-order valence-electron chi connectivity index (χ3n) is 0.751. The second-order valence-electron chi connectivity index (χ2n) is 1.81. The molecule has 0 rings (SSSR count). The van der Waals surface area contributed by atoms with Gasteiger partial charge < -0.3 is 9.47 Å². The van der Waals surface area contributed by atoms with E-state index in [9.17, 15) is 9.59 Å². The Balaban J connectivity index is 3.26. The predicted molar refractivity (Wildman–Crippen MR) is 38.1 cm³/mol. The molecule has 0 atom stereocenters. The van der Waals surface area contributed by atoms with E-state index < -0.39 is 11.9 Å². The molecule has 0 bridgehead atoms. The summed E-state index contributed by atoms with van der Waals surface area (Å²) in [6.07, 6.45) is 0. The topological polar surface area (TPSA) is 77.3 Å². The summed E-state index contributed by atoms with van der Waals surface area (Å²) in [6.45, 7) is 2.25. The first-order valence-corrected chi connectivity index (χ1v) is 3.23. The summed E-state index contributed by atoms with van der Waals surface area (Å²) in [5.74, 6) is -0.858. The molecule has 0 amide bonds. The van der Waals surface area contributed by atoms with Crippen molar-refractivity contribution in [1.82, 2.24) is 0 Å². The van der Waals surface area contributed by atoms with Gasteiger partial charge in [-0.05, 0) is 0 Å². The Bertz CT molecular complexity index is 170. The SMILES string of the molecule is CC(=O)OC/N=N/COC(C)=O. The lowest BCUT2D eigenvalue weighted by Gasteiger charge is -1.94. The molecule has 6 heteroatoms. The van der Waals surface area contributed by atoms with Crippen LogP contribution in [0, 0.1) is 0 Å². The number of ether oxygens (including phenoxy) is 2. The van der Waals surface area contributed by atoms with Gasteiger partial charge in [-0.1, -0.05) is 0 Å². The van der Waals surface area contributed by atoms with Gasteiger partial charge in [0.1, 0.15) is 0 Å². The van der Waals surface area contributed by atoms with E-state index in [1.165, 1.54) is 13.8 Å². The maximum atomic E-state index is 10.2. The number of hydrogen-bond acceptors (Lipinski definition) is 6. The summed E-state index contributed by atoms with van der Waals surface area (Å²) in [7, 11) is 0. The Hall–Kier alpha value is -1.46. The van der Waals surface area contributed by atoms with Crippen LogP contribution in [0.3, 0.4) is 0 Å². The number of carbonyl (C=O) groups is 2. The number of rotatable bonds is 4. The van der Waals surface area contributed by atoms with Crippen molar-refractivity contribution >= 4 is 11.9 Å². The number of nitrogens with zero attached hydrogens (tertiary/aromatic N) is 2. The van der Waals surface area contributed by atoms with Crippen molar-refractivity contribution in [2.24, 2.45) is 10.2 Å². The van der Waals surface area contributed by atoms with E-state index in [2.05, 4.69) is 19.7 Å². The zero-order valence-electron chi connectivity index (χ0n) is 6.94. The van der Waals surface area contributed by atoms with Crippen LogP contribution in [0.2, 0.25) is 0 Å². The van der Waals surface area contributed by atoms with Crippen LogP contribution in [0.4, 0.5) is 0 Å². The maximum absolute atomic E-state index is 10.2. The smallest absolute Gasteiger partial charge is 0.304 e. The molecule has 0 N–H and O–H groups in total. The van der Waals surface area contributed by atoms with Crippen LogP contribution in [0.5, 0.6) is 0 Å². The first-order valence-electron chi connectivity index (χ1n) is 3.23. The average molecular weight is 174 g/mol. The summed E-state index contributed by atoms with van der Waals surface area (Å²) in [5, 5.41) is 6.78. The van der Waals surface area contributed by atoms with Crippen molar-refractivity contribution in [3.63, 3.8) is 0 Å². The molecule has 0 aliphatic rings. The van der Waals surface area contributed by atoms with E-state index in [4.69, 9.17) is 0 Å². The third kappa shape index (κ3) is 8.54. The van der Waals surface area contributed by atoms with Crippen molar-refractivity contribution in [2.75, 3.05) is 13.5 Å². The van der Waals surface area contributed by atoms with Gasteiger partial charge in [0, 0.05) is 13.8 Å². The quantitative estimate of drug-likeness (QED) is 0.458. The molecule has 0 radical (unpaired) electrons. The van der Waals surface area contributed by atoms with Crippen LogP contribution < -0.4 is 0 Å². The highest BCUT2D eigenvalue weighted by Crippen LogP contribution is 1.82. The van der Waals surface area contributed by atoms with Gasteiger partial charge in [-0.25, -0.2) is 0 Å². The van der Waals surface area contributed by atoms with Crippen LogP contribution in [-0.2, 0) is 19.1 Å². The van der Waals surface area contributed by atoms with Crippen LogP contribution >= 0.6 is 0 Å². The van der Waals surface area contributed by atoms with Crippen molar-refractivity contribution in [1.29, 1.82) is 0 Å². The summed E-state index contributed by atoms with van der Waals surface area (Å²) in [5.41, 5.74) is 0. The Morgan fingerprint density at radius 1 is 1.00 bits per heavy atom. The van der Waals surface area contributed by atoms with Crippen molar-refractivity contribution < 1.29 is 19.1 Å². The molecule has 0 aromatic rings. The van der Waals surface area contributed by atoms with Crippen LogP contribution in [0.25, 0.3) is 0 Å². The zero-order valence-corrected chi connectivity index (χ0v) is 6.94. The van der Waals surface area contributed by atoms with E-state index in [0.717, 1.165) is 0 Å². The summed E-state index contributed by atoms with van der Waals surface area (Å²) >= 11 is 0. The fourth-order valence-electron chi connectivity index (χ4n) is 0.321. The van der Waals surface area contributed by atoms with Crippen LogP contribution in [0.15, 0.2) is 10.2 Å². The lowest BCUT2D eigenvalue weighted by atomic mass is 10.8. The van der Waals surface area contributed by atoms with Crippen LogP contribution in [0.1, 0.15) is 13.8 Å². The lowest BCUT2D eigenvalue weighted by molar-refractivity contribution is -0.142. The van der Waals surface area contributed by atoms with E-state index in [-0.39, 0.29) is 13.5 Å². The van der Waals surface area contributed by atoms with Crippen LogP contribution in [-0.4, -0.2) is 25.4 Å². The molecule has 0 aromatic heterocycles. The normalized spacial score (nSPS) is 9.83. The predicted octanol–water partition coefficient (Wildman–Crippen LogP) is 0.480. The molecule has 0 unspecified atom stereocenters. The number of hydrogen-bond donors (Lipinski definition) is 0. The van der Waals surface area contributed by atoms with Gasteiger partial charge >= 0.3 is 11.9 Å². The summed E-state index contributed by atoms with van der Waals surface area (Å²) in [6, 6.07) is 0. The highest BCUT2D eigenvalue weighted by atomic mass is 16.5. The van der Waals surface area contributed by atoms with Gasteiger partial charge in [0.05, 0.1) is 0 Å². The molecule has 68 valence electrons. The molecule has 0 aliphatic heterocycles. The average Bonchev–Trinajstić information content (AvgIpc) is 1.95. The molecule has 0 spiro atoms. The van der Waals surface area contributed by atoms with E-state index in [1.807, 2.05) is 0 Å². The van der Waals surface area contributed by atoms with Crippen molar-refractivity contribution in [2.45, 2.75) is 13.8 Å². The van der Waals surface area contributed by atoms with Crippen molar-refractivity contribution in [3.8, 4) is 0 Å². The standard InChI is InChI=1S/C6H10N2O4/c1-5(9)11-3-7-8-4-12-6(2)10/h3-4H2,1-2H3/b8-7+. The van der Waals surface area contributed by atoms with E-state index in [0.29, 0.717) is 0 Å². The first kappa shape index (κ1) is 10.5. The Kier molecular flexibility index (Phi) is 5.50. The van der Waals surface area contributed by atoms with Crippen molar-refractivity contribution in [3.05, 3.63) is 0 Å². The molecule has 0 aliphatic carbocycles. The minimum atomic E-state index is -0.429. The lowest BCUT2D eigenvalue weighted by Crippen LogP contribution is -1.99. The van der Waals surface area contributed by atoms with Gasteiger partial charge in [0.15, 0.2) is 0 Å². The molecule has 0 saturated heterocycles. The number of esters is 2. The van der Waals surface area contributed by atoms with E-state index in [1.54, 1.807) is 0 Å². The fourth-order valence-corrected chi connectivity index (χ4v) is 0.321. The molecular weight excluding hydrogens is 164 g/mol. The summed E-state index contributed by atoms with van der Waals surface area (Å²) < 4.78 is 8.82. The van der Waals surface area contributed by atoms with Gasteiger partial charge in [0.25, 0.3) is 0 Å². The summed E-state index contributed by atoms with van der Waals surface area (Å²) in [4.78, 5) is 20.4. The molecule has 0 saturated carbocycles. The minimum absolute atomic E-state index is 0.142. The zero-order chi connectivity index (χ0) is 9.40. The molecule has 0 fully saturated rings. The molecular formula is C6H10N2O4. The van der Waals surface area contributed by atoms with Gasteiger partial charge in [-0.15, -0.1) is 10.2 Å². The molecule has 6 nitrogen and oxygen atoms in total. The second kappa shape index (κ2) is 6.26. The Labute approximate surface area is 69.6 Å². The fraction of sp³-hybridized carbons (Fsp3) is 0.667. The molecule has 0 heterocycles. The first-order chi connectivity index (χ1) is 5.63. The largest absolute Gasteiger partial charge is 0.441 e. The highest BCUT2D eigenvalue weighted by molar-refractivity contribution is 5.66. The molecule has 12 heavy (non-hydrogen) atoms. The van der Waals surface area contributed by atoms with E-state index >= 15 is 0 Å². The second-order valence-corrected chi connectivity index (χ2v) is 1.81. The number of azo groups is 1. The molecule has 0 aromatic carbocycles. The Morgan fingerprint density at radius 2 is 1.33 bits per heavy atom. The third-order valence-corrected chi connectivity index (χ3v) is 0.751. The monoisotopic (exact) mass is 174 g/mol. The minimum Gasteiger partial charge on any atom is -0.441 e. The maximum Gasteiger partial charge on any atom is 0.304 e. The highest BCUT2D eigenvalue weighted by Gasteiger charge is 1.89. The van der Waals surface area contributed by atoms with Gasteiger partial charge in [-0.2, -0.15) is 0 Å². The number of carbonyl (C=O) groups excluding carboxylic acids is 2. The van der Waals surface area contributed by atoms with Gasteiger partial charge in [0.2, 0.25) is 13.5 Å². The Morgan fingerprint density at radius 3 is 1.58 bits per heavy atom.